The van der Waals surface area contributed by atoms with Gasteiger partial charge in [-0.15, -0.1) is 0 Å². The zero-order valence-corrected chi connectivity index (χ0v) is 18.7. The van der Waals surface area contributed by atoms with Crippen LogP contribution in [0.4, 0.5) is 11.5 Å². The number of carbonyl (C=O) groups is 2. The first-order valence-corrected chi connectivity index (χ1v) is 10.5. The predicted octanol–water partition coefficient (Wildman–Crippen LogP) is 4.18. The fourth-order valence-electron chi connectivity index (χ4n) is 3.72. The van der Waals surface area contributed by atoms with Crippen molar-refractivity contribution in [3.8, 4) is 11.1 Å². The molecule has 2 aromatic heterocycles. The molecule has 2 amide bonds. The lowest BCUT2D eigenvalue weighted by molar-refractivity contribution is -0.137. The third kappa shape index (κ3) is 4.67. The quantitative estimate of drug-likeness (QED) is 0.326. The molecule has 33 heavy (non-hydrogen) atoms. The minimum Gasteiger partial charge on any atom is -0.398 e. The van der Waals surface area contributed by atoms with Gasteiger partial charge in [0.05, 0.1) is 5.54 Å². The number of pyridine rings is 2. The molecule has 7 heteroatoms. The molecule has 2 heterocycles. The smallest absolute Gasteiger partial charge is 0.314 e. The fraction of sp³-hybridized carbons (Fsp3) is 0.154. The Morgan fingerprint density at radius 1 is 0.970 bits per heavy atom. The molecule has 0 bridgehead atoms. The summed E-state index contributed by atoms with van der Waals surface area (Å²) in [5.41, 5.74) is 9.96. The highest BCUT2D eigenvalue weighted by molar-refractivity contribution is 6.39. The predicted molar refractivity (Wildman–Crippen MR) is 130 cm³/mol. The molecular weight excluding hydrogens is 414 g/mol. The fourth-order valence-corrected chi connectivity index (χ4v) is 3.72. The van der Waals surface area contributed by atoms with Crippen molar-refractivity contribution in [3.05, 3.63) is 84.3 Å². The second kappa shape index (κ2) is 8.70. The molecule has 0 unspecified atom stereocenters. The Morgan fingerprint density at radius 2 is 1.73 bits per heavy atom. The average Bonchev–Trinajstić information content (AvgIpc) is 2.79. The number of carbonyl (C=O) groups excluding carboxylic acids is 2. The third-order valence-corrected chi connectivity index (χ3v) is 5.59. The van der Waals surface area contributed by atoms with E-state index >= 15 is 0 Å². The number of aryl methyl sites for hydroxylation is 1. The number of nitrogens with zero attached hydrogens (tertiary/aromatic N) is 2. The van der Waals surface area contributed by atoms with Crippen LogP contribution < -0.4 is 16.4 Å². The van der Waals surface area contributed by atoms with Gasteiger partial charge in [-0.25, -0.2) is 4.98 Å². The van der Waals surface area contributed by atoms with Gasteiger partial charge in [0.1, 0.15) is 5.82 Å². The Kier molecular flexibility index (Phi) is 5.79. The van der Waals surface area contributed by atoms with Crippen LogP contribution >= 0.6 is 0 Å². The number of rotatable bonds is 4. The molecular formula is C26H25N5O2. The van der Waals surface area contributed by atoms with Crippen molar-refractivity contribution in [1.29, 1.82) is 0 Å². The number of nitrogen functional groups attached to an aromatic ring is 1. The van der Waals surface area contributed by atoms with E-state index in [9.17, 15) is 9.59 Å². The summed E-state index contributed by atoms with van der Waals surface area (Å²) in [5.74, 6) is -1.28. The van der Waals surface area contributed by atoms with Crippen LogP contribution in [-0.2, 0) is 15.1 Å². The topological polar surface area (TPSA) is 110 Å². The number of fused-ring (bicyclic) bond motifs is 1. The van der Waals surface area contributed by atoms with Crippen molar-refractivity contribution < 1.29 is 9.59 Å². The minimum absolute atomic E-state index is 0.264. The number of hydrogen-bond donors (Lipinski definition) is 3. The molecule has 0 aliphatic heterocycles. The highest BCUT2D eigenvalue weighted by Crippen LogP contribution is 2.31. The summed E-state index contributed by atoms with van der Waals surface area (Å²) >= 11 is 0. The number of nitrogens with one attached hydrogen (secondary N) is 2. The Labute approximate surface area is 192 Å². The van der Waals surface area contributed by atoms with Gasteiger partial charge < -0.3 is 16.4 Å². The largest absolute Gasteiger partial charge is 0.398 e. The van der Waals surface area contributed by atoms with Crippen LogP contribution in [0.3, 0.4) is 0 Å². The second-order valence-electron chi connectivity index (χ2n) is 8.45. The second-order valence-corrected chi connectivity index (χ2v) is 8.45. The van der Waals surface area contributed by atoms with E-state index in [0.29, 0.717) is 5.69 Å². The van der Waals surface area contributed by atoms with Crippen molar-refractivity contribution in [2.75, 3.05) is 11.1 Å². The van der Waals surface area contributed by atoms with Crippen molar-refractivity contribution in [3.63, 3.8) is 0 Å². The van der Waals surface area contributed by atoms with E-state index in [1.165, 1.54) is 0 Å². The summed E-state index contributed by atoms with van der Waals surface area (Å²) in [6.07, 6.45) is 5.12. The maximum Gasteiger partial charge on any atom is 0.314 e. The Morgan fingerprint density at radius 3 is 2.45 bits per heavy atom. The number of hydrogen-bond acceptors (Lipinski definition) is 5. The van der Waals surface area contributed by atoms with Gasteiger partial charge in [-0.3, -0.25) is 14.6 Å². The van der Waals surface area contributed by atoms with Gasteiger partial charge in [-0.1, -0.05) is 30.3 Å². The first-order valence-electron chi connectivity index (χ1n) is 10.5. The van der Waals surface area contributed by atoms with Crippen LogP contribution in [0, 0.1) is 6.92 Å². The van der Waals surface area contributed by atoms with Crippen molar-refractivity contribution in [1.82, 2.24) is 15.3 Å². The standard InChI is InChI=1S/C26H25N5O2/c1-16-9-10-28-14-20(16)17-11-18-13-23(29-15-21(18)22(27)12-17)30-24(32)25(33)31-26(2,3)19-7-5-4-6-8-19/h4-15H,27H2,1-3H3,(H,31,33)(H,29,30,32). The zero-order chi connectivity index (χ0) is 23.6. The van der Waals surface area contributed by atoms with Gasteiger partial charge in [-0.2, -0.15) is 0 Å². The monoisotopic (exact) mass is 439 g/mol. The molecule has 0 saturated heterocycles. The average molecular weight is 440 g/mol. The molecule has 0 atom stereocenters. The van der Waals surface area contributed by atoms with Crippen LogP contribution in [0.1, 0.15) is 25.0 Å². The molecule has 0 saturated carbocycles. The van der Waals surface area contributed by atoms with Gasteiger partial charge in [-0.05, 0) is 67.1 Å². The van der Waals surface area contributed by atoms with E-state index in [-0.39, 0.29) is 5.82 Å². The number of amides is 2. The zero-order valence-electron chi connectivity index (χ0n) is 18.7. The summed E-state index contributed by atoms with van der Waals surface area (Å²) in [5, 5.41) is 6.91. The van der Waals surface area contributed by atoms with E-state index in [1.54, 1.807) is 24.7 Å². The van der Waals surface area contributed by atoms with E-state index < -0.39 is 17.4 Å². The molecule has 0 aliphatic carbocycles. The Bertz CT molecular complexity index is 1350. The van der Waals surface area contributed by atoms with Gasteiger partial charge in [0.2, 0.25) is 0 Å². The van der Waals surface area contributed by atoms with Crippen molar-refractivity contribution in [2.24, 2.45) is 0 Å². The Hall–Kier alpha value is -4.26. The first kappa shape index (κ1) is 22.0. The number of aromatic nitrogens is 2. The number of anilines is 2. The summed E-state index contributed by atoms with van der Waals surface area (Å²) in [6, 6.07) is 16.9. The lowest BCUT2D eigenvalue weighted by atomic mass is 9.94. The number of benzene rings is 2. The van der Waals surface area contributed by atoms with Crippen LogP contribution in [0.15, 0.2) is 73.2 Å². The van der Waals surface area contributed by atoms with E-state index in [1.807, 2.05) is 69.3 Å². The minimum atomic E-state index is -0.793. The SMILES string of the molecule is Cc1ccncc1-c1cc(N)c2cnc(NC(=O)C(=O)NC(C)(C)c3ccccc3)cc2c1. The molecule has 2 aromatic carbocycles. The first-order chi connectivity index (χ1) is 15.7. The number of nitrogens with two attached hydrogens (primary N) is 1. The Balaban J connectivity index is 1.56. The molecule has 0 radical (unpaired) electrons. The highest BCUT2D eigenvalue weighted by Gasteiger charge is 2.26. The summed E-state index contributed by atoms with van der Waals surface area (Å²) in [6.45, 7) is 5.68. The van der Waals surface area contributed by atoms with Crippen LogP contribution in [0.5, 0.6) is 0 Å². The van der Waals surface area contributed by atoms with Gasteiger partial charge in [0.25, 0.3) is 0 Å². The van der Waals surface area contributed by atoms with Gasteiger partial charge >= 0.3 is 11.8 Å². The molecule has 7 nitrogen and oxygen atoms in total. The molecule has 0 fully saturated rings. The lowest BCUT2D eigenvalue weighted by Crippen LogP contribution is -2.46. The van der Waals surface area contributed by atoms with Crippen LogP contribution in [0.25, 0.3) is 21.9 Å². The lowest BCUT2D eigenvalue weighted by Gasteiger charge is -2.26. The molecule has 0 aliphatic rings. The van der Waals surface area contributed by atoms with Crippen molar-refractivity contribution >= 4 is 34.1 Å². The van der Waals surface area contributed by atoms with Crippen LogP contribution in [-0.4, -0.2) is 21.8 Å². The highest BCUT2D eigenvalue weighted by atomic mass is 16.2. The molecule has 166 valence electrons. The summed E-state index contributed by atoms with van der Waals surface area (Å²) in [7, 11) is 0. The molecule has 0 spiro atoms. The van der Waals surface area contributed by atoms with E-state index in [2.05, 4.69) is 20.6 Å². The summed E-state index contributed by atoms with van der Waals surface area (Å²) in [4.78, 5) is 33.6. The van der Waals surface area contributed by atoms with Crippen molar-refractivity contribution in [2.45, 2.75) is 26.3 Å². The molecule has 4 N–H and O–H groups in total. The van der Waals surface area contributed by atoms with Gasteiger partial charge in [0.15, 0.2) is 0 Å². The maximum atomic E-state index is 12.6. The van der Waals surface area contributed by atoms with E-state index in [4.69, 9.17) is 5.73 Å². The third-order valence-electron chi connectivity index (χ3n) is 5.59. The normalized spacial score (nSPS) is 11.2. The van der Waals surface area contributed by atoms with E-state index in [0.717, 1.165) is 33.0 Å². The van der Waals surface area contributed by atoms with Gasteiger partial charge in [0, 0.05) is 35.2 Å². The van der Waals surface area contributed by atoms with Crippen LogP contribution in [0.2, 0.25) is 0 Å². The molecule has 4 aromatic rings. The maximum absolute atomic E-state index is 12.6. The molecule has 4 rings (SSSR count). The summed E-state index contributed by atoms with van der Waals surface area (Å²) < 4.78 is 0.